The number of likely N-dealkylation sites (tertiary alicyclic amines) is 1. The fourth-order valence-corrected chi connectivity index (χ4v) is 4.96. The number of fused-ring (bicyclic) bond motifs is 1. The van der Waals surface area contributed by atoms with Gasteiger partial charge in [0.25, 0.3) is 5.69 Å². The van der Waals surface area contributed by atoms with E-state index in [1.165, 1.54) is 6.33 Å². The summed E-state index contributed by atoms with van der Waals surface area (Å²) in [7, 11) is 0. The number of anilines is 1. The molecule has 11 nitrogen and oxygen atoms in total. The molecule has 0 amide bonds. The molecule has 0 bridgehead atoms. The first-order valence-corrected chi connectivity index (χ1v) is 11.8. The molecule has 0 saturated carbocycles. The van der Waals surface area contributed by atoms with E-state index < -0.39 is 16.5 Å². The molecule has 3 N–H and O–H groups in total. The van der Waals surface area contributed by atoms with Gasteiger partial charge in [-0.05, 0) is 40.7 Å². The Morgan fingerprint density at radius 1 is 1.40 bits per heavy atom. The van der Waals surface area contributed by atoms with Crippen LogP contribution in [0.1, 0.15) is 56.5 Å². The number of ether oxygens (including phenoxy) is 1. The van der Waals surface area contributed by atoms with Crippen molar-refractivity contribution in [2.24, 2.45) is 0 Å². The third-order valence-electron chi connectivity index (χ3n) is 6.78. The van der Waals surface area contributed by atoms with E-state index in [2.05, 4.69) is 20.0 Å². The van der Waals surface area contributed by atoms with E-state index in [0.29, 0.717) is 59.1 Å². The van der Waals surface area contributed by atoms with Crippen LogP contribution in [0, 0.1) is 17.0 Å². The molecule has 188 valence electrons. The zero-order valence-electron chi connectivity index (χ0n) is 20.4. The van der Waals surface area contributed by atoms with Crippen LogP contribution in [0.15, 0.2) is 12.4 Å². The first kappa shape index (κ1) is 25.1. The van der Waals surface area contributed by atoms with E-state index in [-0.39, 0.29) is 23.2 Å². The summed E-state index contributed by atoms with van der Waals surface area (Å²) in [5.41, 5.74) is 7.85. The average molecular weight is 504 g/mol. The number of halogens is 1. The van der Waals surface area contributed by atoms with Gasteiger partial charge in [-0.15, -0.1) is 0 Å². The van der Waals surface area contributed by atoms with E-state index in [4.69, 9.17) is 22.1 Å². The van der Waals surface area contributed by atoms with E-state index in [1.54, 1.807) is 10.7 Å². The highest BCUT2D eigenvalue weighted by atomic mass is 35.5. The van der Waals surface area contributed by atoms with Crippen molar-refractivity contribution in [1.29, 1.82) is 0 Å². The summed E-state index contributed by atoms with van der Waals surface area (Å²) in [4.78, 5) is 22.2. The number of benzene rings is 1. The molecule has 35 heavy (non-hydrogen) atoms. The SMILES string of the molecule is CCOc1c(C(C)n2nc(C)c3c(N)ncnc32)cc(Cl)c([N+](=O)[O-])c1C1CN(C(C)(C)CO)C1. The van der Waals surface area contributed by atoms with Crippen LogP contribution < -0.4 is 10.5 Å². The van der Waals surface area contributed by atoms with Gasteiger partial charge in [0.2, 0.25) is 0 Å². The van der Waals surface area contributed by atoms with Crippen molar-refractivity contribution in [3.8, 4) is 5.75 Å². The van der Waals surface area contributed by atoms with Crippen LogP contribution in [0.3, 0.4) is 0 Å². The average Bonchev–Trinajstić information content (AvgIpc) is 3.11. The summed E-state index contributed by atoms with van der Waals surface area (Å²) < 4.78 is 7.79. The number of nitro benzene ring substituents is 1. The van der Waals surface area contributed by atoms with Gasteiger partial charge in [-0.1, -0.05) is 11.6 Å². The molecule has 1 atom stereocenters. The molecule has 4 rings (SSSR count). The maximum Gasteiger partial charge on any atom is 0.295 e. The van der Waals surface area contributed by atoms with E-state index in [1.807, 2.05) is 34.6 Å². The zero-order valence-corrected chi connectivity index (χ0v) is 21.2. The molecule has 3 heterocycles. The van der Waals surface area contributed by atoms with Gasteiger partial charge in [-0.3, -0.25) is 15.0 Å². The van der Waals surface area contributed by atoms with E-state index in [9.17, 15) is 15.2 Å². The molecular weight excluding hydrogens is 474 g/mol. The summed E-state index contributed by atoms with van der Waals surface area (Å²) in [5.74, 6) is 0.590. The molecule has 1 fully saturated rings. The lowest BCUT2D eigenvalue weighted by atomic mass is 9.83. The number of rotatable bonds is 8. The highest BCUT2D eigenvalue weighted by Crippen LogP contribution is 2.48. The van der Waals surface area contributed by atoms with Gasteiger partial charge in [0.05, 0.1) is 40.8 Å². The second kappa shape index (κ2) is 9.21. The van der Waals surface area contributed by atoms with Crippen molar-refractivity contribution in [3.63, 3.8) is 0 Å². The largest absolute Gasteiger partial charge is 0.493 e. The standard InChI is InChI=1S/C23H30ClN7O4/c1-6-35-20-15(13(3)30-22-17(12(2)28-30)21(25)26-11-27-22)7-16(24)19(31(33)34)18(20)14-8-29(9-14)23(4,5)10-32/h7,11,13-14,32H,6,8-10H2,1-5H3,(H2,25,26,27). The molecular formula is C23H30ClN7O4. The van der Waals surface area contributed by atoms with Crippen LogP contribution in [-0.4, -0.2) is 66.5 Å². The normalized spacial score (nSPS) is 15.9. The smallest absolute Gasteiger partial charge is 0.295 e. The summed E-state index contributed by atoms with van der Waals surface area (Å²) in [5, 5.41) is 27.2. The molecule has 1 unspecified atom stereocenters. The summed E-state index contributed by atoms with van der Waals surface area (Å²) in [6, 6.07) is 1.17. The van der Waals surface area contributed by atoms with Crippen molar-refractivity contribution in [2.45, 2.75) is 52.1 Å². The van der Waals surface area contributed by atoms with E-state index in [0.717, 1.165) is 0 Å². The topological polar surface area (TPSA) is 145 Å². The fourth-order valence-electron chi connectivity index (χ4n) is 4.67. The number of hydrogen-bond acceptors (Lipinski definition) is 9. The molecule has 1 aromatic carbocycles. The second-order valence-corrected chi connectivity index (χ2v) is 9.87. The van der Waals surface area contributed by atoms with Gasteiger partial charge in [-0.25, -0.2) is 14.6 Å². The Hall–Kier alpha value is -3.02. The monoisotopic (exact) mass is 503 g/mol. The van der Waals surface area contributed by atoms with Gasteiger partial charge in [0, 0.05) is 30.1 Å². The zero-order chi connectivity index (χ0) is 25.7. The van der Waals surface area contributed by atoms with Crippen molar-refractivity contribution in [3.05, 3.63) is 44.4 Å². The van der Waals surface area contributed by atoms with Crippen LogP contribution in [0.25, 0.3) is 11.0 Å². The minimum atomic E-state index is -0.449. The number of nitrogens with two attached hydrogens (primary N) is 1. The predicted octanol–water partition coefficient (Wildman–Crippen LogP) is 3.46. The number of nitrogen functional groups attached to an aromatic ring is 1. The minimum absolute atomic E-state index is 0.0192. The Morgan fingerprint density at radius 2 is 2.09 bits per heavy atom. The lowest BCUT2D eigenvalue weighted by Gasteiger charge is -2.48. The first-order valence-electron chi connectivity index (χ1n) is 11.5. The third kappa shape index (κ3) is 4.17. The Kier molecular flexibility index (Phi) is 6.60. The molecule has 1 aliphatic rings. The maximum atomic E-state index is 12.1. The van der Waals surface area contributed by atoms with Crippen LogP contribution in [0.4, 0.5) is 11.5 Å². The summed E-state index contributed by atoms with van der Waals surface area (Å²) >= 11 is 6.53. The molecule has 1 saturated heterocycles. The Labute approximate surface area is 208 Å². The summed E-state index contributed by atoms with van der Waals surface area (Å²) in [6.45, 7) is 10.8. The fraction of sp³-hybridized carbons (Fsp3) is 0.522. The highest BCUT2D eigenvalue weighted by molar-refractivity contribution is 6.33. The van der Waals surface area contributed by atoms with Gasteiger partial charge in [-0.2, -0.15) is 5.10 Å². The quantitative estimate of drug-likeness (QED) is 0.348. The van der Waals surface area contributed by atoms with Crippen molar-refractivity contribution in [1.82, 2.24) is 24.6 Å². The number of aryl methyl sites for hydroxylation is 1. The Balaban J connectivity index is 1.88. The van der Waals surface area contributed by atoms with Gasteiger partial charge < -0.3 is 15.6 Å². The van der Waals surface area contributed by atoms with Gasteiger partial charge >= 0.3 is 0 Å². The third-order valence-corrected chi connectivity index (χ3v) is 7.07. The lowest BCUT2D eigenvalue weighted by molar-refractivity contribution is -0.385. The molecule has 0 aliphatic carbocycles. The number of hydrogen-bond donors (Lipinski definition) is 2. The van der Waals surface area contributed by atoms with Crippen LogP contribution in [0.2, 0.25) is 5.02 Å². The van der Waals surface area contributed by atoms with Crippen LogP contribution in [0.5, 0.6) is 5.75 Å². The maximum absolute atomic E-state index is 12.1. The number of aromatic nitrogens is 4. The van der Waals surface area contributed by atoms with Crippen molar-refractivity contribution < 1.29 is 14.8 Å². The summed E-state index contributed by atoms with van der Waals surface area (Å²) in [6.07, 6.45) is 1.38. The molecule has 0 radical (unpaired) electrons. The van der Waals surface area contributed by atoms with Crippen LogP contribution >= 0.6 is 11.6 Å². The Bertz CT molecular complexity index is 1290. The number of aliphatic hydroxyl groups excluding tert-OH is 1. The number of aliphatic hydroxyl groups is 1. The Morgan fingerprint density at radius 3 is 2.69 bits per heavy atom. The lowest BCUT2D eigenvalue weighted by Crippen LogP contribution is -2.57. The molecule has 2 aromatic heterocycles. The molecule has 1 aliphatic heterocycles. The molecule has 0 spiro atoms. The number of nitro groups is 1. The van der Waals surface area contributed by atoms with Crippen LogP contribution in [-0.2, 0) is 0 Å². The highest BCUT2D eigenvalue weighted by Gasteiger charge is 2.43. The molecule has 3 aromatic rings. The predicted molar refractivity (Wildman–Crippen MR) is 133 cm³/mol. The van der Waals surface area contributed by atoms with Crippen molar-refractivity contribution >= 4 is 34.1 Å². The van der Waals surface area contributed by atoms with E-state index >= 15 is 0 Å². The number of nitrogens with zero attached hydrogens (tertiary/aromatic N) is 6. The van der Waals surface area contributed by atoms with Gasteiger partial charge in [0.1, 0.15) is 22.9 Å². The van der Waals surface area contributed by atoms with Gasteiger partial charge in [0.15, 0.2) is 5.65 Å². The minimum Gasteiger partial charge on any atom is -0.493 e. The second-order valence-electron chi connectivity index (χ2n) is 9.47. The first-order chi connectivity index (χ1) is 16.5. The van der Waals surface area contributed by atoms with Crippen molar-refractivity contribution in [2.75, 3.05) is 32.0 Å². The molecule has 12 heteroatoms.